The molecule has 82 valence electrons. The Bertz CT molecular complexity index is 524. The molecule has 2 heterocycles. The number of fused-ring (bicyclic) bond motifs is 1. The maximum absolute atomic E-state index is 5.62. The minimum atomic E-state index is 0.235. The van der Waals surface area contributed by atoms with Crippen LogP contribution in [0.2, 0.25) is 0 Å². The normalized spacial score (nSPS) is 14.1. The molecule has 1 aliphatic rings. The summed E-state index contributed by atoms with van der Waals surface area (Å²) in [5.41, 5.74) is 3.30. The van der Waals surface area contributed by atoms with Gasteiger partial charge in [-0.3, -0.25) is 0 Å². The molecule has 0 spiro atoms. The fourth-order valence-electron chi connectivity index (χ4n) is 1.83. The first-order valence-corrected chi connectivity index (χ1v) is 5.49. The number of aromatic nitrogens is 2. The van der Waals surface area contributed by atoms with Gasteiger partial charge in [0.2, 0.25) is 11.7 Å². The van der Waals surface area contributed by atoms with E-state index in [1.165, 1.54) is 5.56 Å². The van der Waals surface area contributed by atoms with Crippen LogP contribution in [0, 0.1) is 0 Å². The highest BCUT2D eigenvalue weighted by Gasteiger charge is 2.18. The van der Waals surface area contributed by atoms with Crippen LogP contribution in [0.5, 0.6) is 0 Å². The van der Waals surface area contributed by atoms with Crippen LogP contribution in [0.4, 0.5) is 0 Å². The molecule has 2 aromatic rings. The summed E-state index contributed by atoms with van der Waals surface area (Å²) in [7, 11) is 0. The summed E-state index contributed by atoms with van der Waals surface area (Å²) in [6.07, 6.45) is 0. The summed E-state index contributed by atoms with van der Waals surface area (Å²) in [5, 5.41) is 3.91. The number of halogens is 1. The maximum atomic E-state index is 5.62. The molecule has 1 aromatic carbocycles. The third kappa shape index (κ3) is 1.50. The van der Waals surface area contributed by atoms with E-state index in [-0.39, 0.29) is 5.88 Å². The van der Waals surface area contributed by atoms with Gasteiger partial charge in [-0.05, 0) is 11.1 Å². The van der Waals surface area contributed by atoms with E-state index in [1.54, 1.807) is 0 Å². The molecule has 0 bridgehead atoms. The molecule has 3 rings (SSSR count). The van der Waals surface area contributed by atoms with Gasteiger partial charge < -0.3 is 9.26 Å². The molecule has 0 saturated heterocycles. The smallest absolute Gasteiger partial charge is 0.241 e. The van der Waals surface area contributed by atoms with Gasteiger partial charge in [0.1, 0.15) is 5.88 Å². The molecular weight excluding hydrogens is 228 g/mol. The first-order valence-electron chi connectivity index (χ1n) is 4.96. The van der Waals surface area contributed by atoms with Crippen molar-refractivity contribution in [2.45, 2.75) is 19.1 Å². The highest BCUT2D eigenvalue weighted by Crippen LogP contribution is 2.29. The summed E-state index contributed by atoms with van der Waals surface area (Å²) < 4.78 is 10.4. The second-order valence-electron chi connectivity index (χ2n) is 3.58. The lowest BCUT2D eigenvalue weighted by Gasteiger charge is -2.01. The predicted octanol–water partition coefficient (Wildman–Crippen LogP) is 2.51. The highest BCUT2D eigenvalue weighted by molar-refractivity contribution is 6.16. The van der Waals surface area contributed by atoms with E-state index >= 15 is 0 Å². The lowest BCUT2D eigenvalue weighted by atomic mass is 10.0. The van der Waals surface area contributed by atoms with Crippen molar-refractivity contribution in [3.63, 3.8) is 0 Å². The van der Waals surface area contributed by atoms with Gasteiger partial charge in [0, 0.05) is 5.56 Å². The van der Waals surface area contributed by atoms with Crippen LogP contribution in [0.3, 0.4) is 0 Å². The quantitative estimate of drug-likeness (QED) is 0.752. The zero-order chi connectivity index (χ0) is 11.0. The molecule has 0 N–H and O–H groups in total. The molecule has 0 atom stereocenters. The minimum absolute atomic E-state index is 0.235. The molecule has 5 heteroatoms. The average molecular weight is 237 g/mol. The zero-order valence-electron chi connectivity index (χ0n) is 8.44. The van der Waals surface area contributed by atoms with Gasteiger partial charge >= 0.3 is 0 Å². The van der Waals surface area contributed by atoms with Crippen molar-refractivity contribution in [1.82, 2.24) is 10.1 Å². The summed E-state index contributed by atoms with van der Waals surface area (Å²) >= 11 is 5.62. The first-order chi connectivity index (χ1) is 7.88. The van der Waals surface area contributed by atoms with Gasteiger partial charge in [-0.15, -0.1) is 11.6 Å². The fraction of sp³-hybridized carbons (Fsp3) is 0.273. The van der Waals surface area contributed by atoms with Crippen LogP contribution in [-0.4, -0.2) is 10.1 Å². The molecule has 0 radical (unpaired) electrons. The molecular formula is C11H9ClN2O2. The molecule has 4 nitrogen and oxygen atoms in total. The standard InChI is InChI=1S/C11H9ClN2O2/c12-4-10-13-11(14-16-10)8-3-1-2-7-5-15-6-9(7)8/h1-3H,4-6H2. The Morgan fingerprint density at radius 3 is 3.06 bits per heavy atom. The lowest BCUT2D eigenvalue weighted by molar-refractivity contribution is 0.134. The Morgan fingerprint density at radius 2 is 2.25 bits per heavy atom. The zero-order valence-corrected chi connectivity index (χ0v) is 9.20. The summed E-state index contributed by atoms with van der Waals surface area (Å²) in [4.78, 5) is 4.21. The number of benzene rings is 1. The van der Waals surface area contributed by atoms with Crippen molar-refractivity contribution < 1.29 is 9.26 Å². The fourth-order valence-corrected chi connectivity index (χ4v) is 1.94. The van der Waals surface area contributed by atoms with Crippen LogP contribution in [0.15, 0.2) is 22.7 Å². The van der Waals surface area contributed by atoms with E-state index in [4.69, 9.17) is 20.9 Å². The monoisotopic (exact) mass is 236 g/mol. The van der Waals surface area contributed by atoms with Crippen molar-refractivity contribution in [3.8, 4) is 11.4 Å². The van der Waals surface area contributed by atoms with Gasteiger partial charge in [-0.2, -0.15) is 4.98 Å². The van der Waals surface area contributed by atoms with Crippen LogP contribution < -0.4 is 0 Å². The third-order valence-electron chi connectivity index (χ3n) is 2.60. The lowest BCUT2D eigenvalue weighted by Crippen LogP contribution is -1.90. The second kappa shape index (κ2) is 3.88. The molecule has 16 heavy (non-hydrogen) atoms. The van der Waals surface area contributed by atoms with E-state index in [2.05, 4.69) is 10.1 Å². The van der Waals surface area contributed by atoms with E-state index in [9.17, 15) is 0 Å². The Morgan fingerprint density at radius 1 is 1.31 bits per heavy atom. The topological polar surface area (TPSA) is 48.2 Å². The number of nitrogens with zero attached hydrogens (tertiary/aromatic N) is 2. The van der Waals surface area contributed by atoms with E-state index in [0.717, 1.165) is 11.1 Å². The van der Waals surface area contributed by atoms with Crippen LogP contribution >= 0.6 is 11.6 Å². The third-order valence-corrected chi connectivity index (χ3v) is 2.83. The average Bonchev–Trinajstić information content (AvgIpc) is 2.97. The maximum Gasteiger partial charge on any atom is 0.241 e. The Labute approximate surface area is 97.2 Å². The van der Waals surface area contributed by atoms with Gasteiger partial charge in [-0.25, -0.2) is 0 Å². The van der Waals surface area contributed by atoms with Crippen molar-refractivity contribution >= 4 is 11.6 Å². The van der Waals surface area contributed by atoms with Crippen LogP contribution in [-0.2, 0) is 23.8 Å². The second-order valence-corrected chi connectivity index (χ2v) is 3.85. The van der Waals surface area contributed by atoms with Gasteiger partial charge in [0.15, 0.2) is 0 Å². The number of ether oxygens (including phenoxy) is 1. The molecule has 0 fully saturated rings. The molecule has 0 unspecified atom stereocenters. The summed E-state index contributed by atoms with van der Waals surface area (Å²) in [6.45, 7) is 1.26. The van der Waals surface area contributed by atoms with Gasteiger partial charge in [-0.1, -0.05) is 23.4 Å². The number of alkyl halides is 1. The molecule has 1 aliphatic heterocycles. The van der Waals surface area contributed by atoms with Crippen molar-refractivity contribution in [2.75, 3.05) is 0 Å². The van der Waals surface area contributed by atoms with E-state index in [1.807, 2.05) is 18.2 Å². The van der Waals surface area contributed by atoms with E-state index in [0.29, 0.717) is 24.9 Å². The number of hydrogen-bond donors (Lipinski definition) is 0. The van der Waals surface area contributed by atoms with Crippen molar-refractivity contribution in [1.29, 1.82) is 0 Å². The largest absolute Gasteiger partial charge is 0.372 e. The first kappa shape index (κ1) is 9.81. The SMILES string of the molecule is ClCc1nc(-c2cccc3c2COC3)no1. The summed E-state index contributed by atoms with van der Waals surface area (Å²) in [5.74, 6) is 1.25. The van der Waals surface area contributed by atoms with Crippen LogP contribution in [0.1, 0.15) is 17.0 Å². The molecule has 1 aromatic heterocycles. The molecule has 0 amide bonds. The Hall–Kier alpha value is -1.39. The Balaban J connectivity index is 2.09. The van der Waals surface area contributed by atoms with Crippen molar-refractivity contribution in [3.05, 3.63) is 35.2 Å². The van der Waals surface area contributed by atoms with Gasteiger partial charge in [0.05, 0.1) is 13.2 Å². The van der Waals surface area contributed by atoms with Crippen LogP contribution in [0.25, 0.3) is 11.4 Å². The molecule has 0 aliphatic carbocycles. The predicted molar refractivity (Wildman–Crippen MR) is 57.8 cm³/mol. The van der Waals surface area contributed by atoms with Gasteiger partial charge in [0.25, 0.3) is 0 Å². The highest BCUT2D eigenvalue weighted by atomic mass is 35.5. The van der Waals surface area contributed by atoms with E-state index < -0.39 is 0 Å². The number of hydrogen-bond acceptors (Lipinski definition) is 4. The Kier molecular flexibility index (Phi) is 2.38. The minimum Gasteiger partial charge on any atom is -0.372 e. The van der Waals surface area contributed by atoms with Crippen molar-refractivity contribution in [2.24, 2.45) is 0 Å². The molecule has 0 saturated carbocycles. The summed E-state index contributed by atoms with van der Waals surface area (Å²) in [6, 6.07) is 5.99. The number of rotatable bonds is 2.